The largest absolute Gasteiger partial charge is 0.383 e. The van der Waals surface area contributed by atoms with Crippen LogP contribution in [0.1, 0.15) is 80.9 Å². The quantitative estimate of drug-likeness (QED) is 0.483. The fourth-order valence-electron chi connectivity index (χ4n) is 4.24. The molecule has 1 atom stereocenters. The Bertz CT molecular complexity index is 1030. The maximum Gasteiger partial charge on any atom is 0.0917 e. The van der Waals surface area contributed by atoms with Gasteiger partial charge in [-0.05, 0) is 68.4 Å². The van der Waals surface area contributed by atoms with E-state index in [1.54, 1.807) is 7.11 Å². The van der Waals surface area contributed by atoms with Crippen molar-refractivity contribution in [2.24, 2.45) is 0 Å². The molecule has 154 valence electrons. The Kier molecular flexibility index (Phi) is 5.48. The van der Waals surface area contributed by atoms with Gasteiger partial charge in [-0.3, -0.25) is 4.98 Å². The lowest BCUT2D eigenvalue weighted by Crippen LogP contribution is -2.10. The van der Waals surface area contributed by atoms with E-state index in [4.69, 9.17) is 14.7 Å². The zero-order chi connectivity index (χ0) is 20.7. The van der Waals surface area contributed by atoms with Crippen molar-refractivity contribution in [3.8, 4) is 11.3 Å². The number of rotatable bonds is 7. The molecule has 0 spiro atoms. The van der Waals surface area contributed by atoms with Crippen LogP contribution in [0.5, 0.6) is 0 Å². The van der Waals surface area contributed by atoms with Gasteiger partial charge in [-0.15, -0.1) is 0 Å². The van der Waals surface area contributed by atoms with Crippen molar-refractivity contribution in [1.82, 2.24) is 14.5 Å². The fourth-order valence-corrected chi connectivity index (χ4v) is 4.24. The fraction of sp³-hybridized carbons (Fsp3) is 0.520. The molecule has 4 nitrogen and oxygen atoms in total. The Morgan fingerprint density at radius 1 is 1.17 bits per heavy atom. The Balaban J connectivity index is 1.90. The summed E-state index contributed by atoms with van der Waals surface area (Å²) in [6.45, 7) is 11.7. The van der Waals surface area contributed by atoms with Crippen molar-refractivity contribution < 1.29 is 4.74 Å². The first-order chi connectivity index (χ1) is 13.9. The molecule has 1 fully saturated rings. The van der Waals surface area contributed by atoms with Gasteiger partial charge in [-0.2, -0.15) is 0 Å². The molecule has 0 bridgehead atoms. The molecule has 1 aliphatic carbocycles. The van der Waals surface area contributed by atoms with Crippen LogP contribution in [0.3, 0.4) is 0 Å². The lowest BCUT2D eigenvalue weighted by molar-refractivity contribution is 0.164. The molecule has 3 heterocycles. The van der Waals surface area contributed by atoms with Crippen molar-refractivity contribution in [3.63, 3.8) is 0 Å². The van der Waals surface area contributed by atoms with Crippen LogP contribution in [0, 0.1) is 6.92 Å². The number of fused-ring (bicyclic) bond motifs is 1. The van der Waals surface area contributed by atoms with Crippen LogP contribution in [0.25, 0.3) is 22.3 Å². The number of hydrogen-bond donors (Lipinski definition) is 0. The highest BCUT2D eigenvalue weighted by Gasteiger charge is 2.30. The van der Waals surface area contributed by atoms with Crippen molar-refractivity contribution in [2.75, 3.05) is 13.7 Å². The van der Waals surface area contributed by atoms with Crippen LogP contribution in [0.2, 0.25) is 0 Å². The molecule has 0 saturated heterocycles. The maximum absolute atomic E-state index is 5.40. The number of hydrogen-bond acceptors (Lipinski definition) is 3. The molecule has 0 aromatic carbocycles. The third-order valence-corrected chi connectivity index (χ3v) is 6.09. The predicted octanol–water partition coefficient (Wildman–Crippen LogP) is 6.18. The van der Waals surface area contributed by atoms with Crippen molar-refractivity contribution in [1.29, 1.82) is 0 Å². The van der Waals surface area contributed by atoms with E-state index in [9.17, 15) is 0 Å². The third-order valence-electron chi connectivity index (χ3n) is 6.09. The molecule has 29 heavy (non-hydrogen) atoms. The zero-order valence-electron chi connectivity index (χ0n) is 18.6. The van der Waals surface area contributed by atoms with E-state index in [0.29, 0.717) is 18.4 Å². The topological polar surface area (TPSA) is 39.9 Å². The van der Waals surface area contributed by atoms with E-state index in [-0.39, 0.29) is 6.04 Å². The maximum atomic E-state index is 5.40. The molecular formula is C25H33N3O. The SMILES string of the molecule is CCc1cc2c(nc1-c1ccc(C(C)C)nc1C1CC1)c(C)cn2[C@@H](C)COC. The molecule has 1 saturated carbocycles. The van der Waals surface area contributed by atoms with Gasteiger partial charge >= 0.3 is 0 Å². The number of nitrogens with zero attached hydrogens (tertiary/aromatic N) is 3. The summed E-state index contributed by atoms with van der Waals surface area (Å²) >= 11 is 0. The standard InChI is InChI=1S/C25H33N3O/c1-7-18-12-22-23(16(4)13-28(22)17(5)14-29-6)27-24(18)20-10-11-21(15(2)3)26-25(20)19-8-9-19/h10-13,15,17,19H,7-9,14H2,1-6H3/t17-/m0/s1. The lowest BCUT2D eigenvalue weighted by atomic mass is 9.98. The van der Waals surface area contributed by atoms with Crippen LogP contribution in [0.4, 0.5) is 0 Å². The second kappa shape index (κ2) is 7.91. The highest BCUT2D eigenvalue weighted by atomic mass is 16.5. The van der Waals surface area contributed by atoms with E-state index < -0.39 is 0 Å². The summed E-state index contributed by atoms with van der Waals surface area (Å²) in [5.41, 5.74) is 9.59. The number of aromatic nitrogens is 3. The summed E-state index contributed by atoms with van der Waals surface area (Å²) in [5.74, 6) is 1.04. The average Bonchev–Trinajstić information content (AvgIpc) is 3.51. The molecular weight excluding hydrogens is 358 g/mol. The highest BCUT2D eigenvalue weighted by Crippen LogP contribution is 2.44. The second-order valence-corrected chi connectivity index (χ2v) is 8.84. The van der Waals surface area contributed by atoms with Gasteiger partial charge in [-0.25, -0.2) is 4.98 Å². The molecule has 4 heteroatoms. The number of ether oxygens (including phenoxy) is 1. The Labute approximate surface area is 174 Å². The predicted molar refractivity (Wildman–Crippen MR) is 120 cm³/mol. The van der Waals surface area contributed by atoms with E-state index in [1.165, 1.54) is 46.4 Å². The van der Waals surface area contributed by atoms with Gasteiger partial charge in [0, 0.05) is 30.5 Å². The minimum Gasteiger partial charge on any atom is -0.383 e. The molecule has 0 radical (unpaired) electrons. The number of aryl methyl sites for hydroxylation is 2. The highest BCUT2D eigenvalue weighted by molar-refractivity contribution is 5.85. The molecule has 3 aromatic heterocycles. The molecule has 0 aliphatic heterocycles. The Hall–Kier alpha value is -2.20. The third kappa shape index (κ3) is 3.71. The van der Waals surface area contributed by atoms with Gasteiger partial charge in [-0.1, -0.05) is 20.8 Å². The minimum atomic E-state index is 0.280. The van der Waals surface area contributed by atoms with Gasteiger partial charge in [0.15, 0.2) is 0 Å². The van der Waals surface area contributed by atoms with E-state index in [0.717, 1.165) is 17.6 Å². The first kappa shape index (κ1) is 20.1. The molecule has 0 unspecified atom stereocenters. The van der Waals surface area contributed by atoms with Gasteiger partial charge < -0.3 is 9.30 Å². The zero-order valence-corrected chi connectivity index (χ0v) is 18.6. The normalized spacial score (nSPS) is 15.4. The van der Waals surface area contributed by atoms with Gasteiger partial charge in [0.25, 0.3) is 0 Å². The summed E-state index contributed by atoms with van der Waals surface area (Å²) in [4.78, 5) is 10.3. The Morgan fingerprint density at radius 2 is 1.93 bits per heavy atom. The first-order valence-corrected chi connectivity index (χ1v) is 11.0. The van der Waals surface area contributed by atoms with Crippen molar-refractivity contribution in [2.45, 2.75) is 71.8 Å². The van der Waals surface area contributed by atoms with Gasteiger partial charge in [0.1, 0.15) is 0 Å². The number of methoxy groups -OCH3 is 1. The van der Waals surface area contributed by atoms with Crippen LogP contribution in [-0.4, -0.2) is 28.3 Å². The summed E-state index contributed by atoms with van der Waals surface area (Å²) < 4.78 is 7.71. The van der Waals surface area contributed by atoms with Crippen molar-refractivity contribution >= 4 is 11.0 Å². The summed E-state index contributed by atoms with van der Waals surface area (Å²) in [6.07, 6.45) is 5.66. The number of pyridine rings is 2. The van der Waals surface area contributed by atoms with Crippen LogP contribution >= 0.6 is 0 Å². The Morgan fingerprint density at radius 3 is 2.55 bits per heavy atom. The van der Waals surface area contributed by atoms with Crippen LogP contribution in [0.15, 0.2) is 24.4 Å². The molecule has 0 amide bonds. The van der Waals surface area contributed by atoms with Crippen LogP contribution in [-0.2, 0) is 11.2 Å². The summed E-state index contributed by atoms with van der Waals surface area (Å²) in [6, 6.07) is 7.07. The van der Waals surface area contributed by atoms with E-state index in [1.807, 2.05) is 0 Å². The smallest absolute Gasteiger partial charge is 0.0917 e. The summed E-state index contributed by atoms with van der Waals surface area (Å²) in [5, 5.41) is 0. The average molecular weight is 392 g/mol. The lowest BCUT2D eigenvalue weighted by Gasteiger charge is -2.17. The molecule has 4 rings (SSSR count). The van der Waals surface area contributed by atoms with E-state index >= 15 is 0 Å². The van der Waals surface area contributed by atoms with Gasteiger partial charge in [0.05, 0.1) is 35.1 Å². The van der Waals surface area contributed by atoms with Crippen molar-refractivity contribution in [3.05, 3.63) is 46.9 Å². The molecule has 3 aromatic rings. The minimum absolute atomic E-state index is 0.280. The van der Waals surface area contributed by atoms with Crippen LogP contribution < -0.4 is 0 Å². The first-order valence-electron chi connectivity index (χ1n) is 11.0. The van der Waals surface area contributed by atoms with E-state index in [2.05, 4.69) is 63.6 Å². The second-order valence-electron chi connectivity index (χ2n) is 8.84. The molecule has 1 aliphatic rings. The monoisotopic (exact) mass is 391 g/mol. The molecule has 0 N–H and O–H groups in total. The van der Waals surface area contributed by atoms with Gasteiger partial charge in [0.2, 0.25) is 0 Å². The summed E-state index contributed by atoms with van der Waals surface area (Å²) in [7, 11) is 1.76.